The summed E-state index contributed by atoms with van der Waals surface area (Å²) in [5, 5.41) is 20.5. The van der Waals surface area contributed by atoms with Crippen molar-refractivity contribution in [1.29, 1.82) is 0 Å². The Morgan fingerprint density at radius 3 is 2.33 bits per heavy atom. The van der Waals surface area contributed by atoms with Gasteiger partial charge < -0.3 is 14.8 Å². The van der Waals surface area contributed by atoms with Crippen LogP contribution in [0.3, 0.4) is 0 Å². The second kappa shape index (κ2) is 7.43. The third-order valence-electron chi connectivity index (χ3n) is 4.46. The highest BCUT2D eigenvalue weighted by molar-refractivity contribution is 5.75. The molecule has 0 spiro atoms. The van der Waals surface area contributed by atoms with Crippen LogP contribution in [0.25, 0.3) is 22.6 Å². The molecule has 5 heteroatoms. The molecular formula is C22H19N3O2. The van der Waals surface area contributed by atoms with Crippen molar-refractivity contribution in [2.75, 3.05) is 5.32 Å². The molecule has 1 heterocycles. The second-order valence-electron chi connectivity index (χ2n) is 6.24. The summed E-state index contributed by atoms with van der Waals surface area (Å²) in [6.07, 6.45) is 0. The molecule has 0 aliphatic carbocycles. The van der Waals surface area contributed by atoms with Crippen molar-refractivity contribution in [3.8, 4) is 22.6 Å². The van der Waals surface area contributed by atoms with Gasteiger partial charge in [0.2, 0.25) is 5.89 Å². The van der Waals surface area contributed by atoms with Gasteiger partial charge in [-0.05, 0) is 47.4 Å². The maximum absolute atomic E-state index is 9.12. The van der Waals surface area contributed by atoms with E-state index in [0.29, 0.717) is 11.9 Å². The molecule has 4 rings (SSSR count). The Morgan fingerprint density at radius 2 is 1.59 bits per heavy atom. The van der Waals surface area contributed by atoms with Gasteiger partial charge in [0.1, 0.15) is 0 Å². The highest BCUT2D eigenvalue weighted by atomic mass is 16.4. The van der Waals surface area contributed by atoms with Crippen molar-refractivity contribution >= 4 is 11.7 Å². The number of anilines is 2. The first-order chi connectivity index (χ1) is 13.2. The van der Waals surface area contributed by atoms with Crippen LogP contribution in [0.15, 0.2) is 77.2 Å². The summed E-state index contributed by atoms with van der Waals surface area (Å²) in [5.41, 5.74) is 5.95. The molecule has 0 atom stereocenters. The lowest BCUT2D eigenvalue weighted by Crippen LogP contribution is -1.91. The highest BCUT2D eigenvalue weighted by Crippen LogP contribution is 2.31. The second-order valence-corrected chi connectivity index (χ2v) is 6.24. The molecule has 0 radical (unpaired) electrons. The molecule has 4 aromatic rings. The number of nitrogens with one attached hydrogen (secondary N) is 1. The van der Waals surface area contributed by atoms with Crippen LogP contribution in [0.2, 0.25) is 0 Å². The fourth-order valence-electron chi connectivity index (χ4n) is 3.00. The molecule has 0 saturated heterocycles. The number of benzene rings is 3. The number of hydrogen-bond acceptors (Lipinski definition) is 5. The summed E-state index contributed by atoms with van der Waals surface area (Å²) in [5.74, 6) is 0.472. The van der Waals surface area contributed by atoms with Crippen molar-refractivity contribution < 1.29 is 9.52 Å². The number of hydrogen-bond donors (Lipinski definition) is 2. The third kappa shape index (κ3) is 3.59. The minimum absolute atomic E-state index is 0.0159. The van der Waals surface area contributed by atoms with Crippen LogP contribution in [0.1, 0.15) is 11.1 Å². The molecule has 0 bridgehead atoms. The largest absolute Gasteiger partial charge is 0.403 e. The van der Waals surface area contributed by atoms with E-state index in [0.717, 1.165) is 33.5 Å². The first kappa shape index (κ1) is 17.0. The molecule has 0 unspecified atom stereocenters. The molecule has 2 N–H and O–H groups in total. The molecule has 0 saturated carbocycles. The zero-order valence-corrected chi connectivity index (χ0v) is 14.9. The van der Waals surface area contributed by atoms with Crippen molar-refractivity contribution in [3.05, 3.63) is 83.9 Å². The quantitative estimate of drug-likeness (QED) is 0.529. The zero-order valence-electron chi connectivity index (χ0n) is 14.9. The predicted octanol–water partition coefficient (Wildman–Crippen LogP) is 4.95. The molecule has 0 fully saturated rings. The summed E-state index contributed by atoms with van der Waals surface area (Å²) in [7, 11) is 0. The van der Waals surface area contributed by atoms with Crippen LogP contribution in [-0.4, -0.2) is 15.3 Å². The van der Waals surface area contributed by atoms with Gasteiger partial charge in [-0.1, -0.05) is 59.7 Å². The smallest absolute Gasteiger partial charge is 0.320 e. The normalized spacial score (nSPS) is 10.7. The topological polar surface area (TPSA) is 71.2 Å². The van der Waals surface area contributed by atoms with Crippen LogP contribution >= 0.6 is 0 Å². The van der Waals surface area contributed by atoms with Gasteiger partial charge in [-0.15, -0.1) is 5.10 Å². The van der Waals surface area contributed by atoms with Crippen LogP contribution in [0.5, 0.6) is 0 Å². The van der Waals surface area contributed by atoms with Gasteiger partial charge in [0, 0.05) is 11.3 Å². The number of aromatic nitrogens is 2. The minimum atomic E-state index is 0.0159. The van der Waals surface area contributed by atoms with Crippen molar-refractivity contribution in [2.24, 2.45) is 0 Å². The van der Waals surface area contributed by atoms with Crippen LogP contribution < -0.4 is 5.32 Å². The lowest BCUT2D eigenvalue weighted by Gasteiger charge is -2.09. The zero-order chi connectivity index (χ0) is 18.6. The molecule has 1 aromatic heterocycles. The Bertz CT molecular complexity index is 1040. The monoisotopic (exact) mass is 357 g/mol. The van der Waals surface area contributed by atoms with Gasteiger partial charge in [0.05, 0.1) is 6.61 Å². The SMILES string of the molecule is Cc1c(-c2ccccc2)cccc1-c1nnc(Nc2ccc(CO)cc2)o1. The van der Waals surface area contributed by atoms with Gasteiger partial charge in [-0.25, -0.2) is 0 Å². The van der Waals surface area contributed by atoms with Crippen molar-refractivity contribution in [1.82, 2.24) is 10.2 Å². The van der Waals surface area contributed by atoms with E-state index < -0.39 is 0 Å². The average molecular weight is 357 g/mol. The maximum atomic E-state index is 9.12. The first-order valence-electron chi connectivity index (χ1n) is 8.70. The molecule has 0 amide bonds. The molecule has 5 nitrogen and oxygen atoms in total. The van der Waals surface area contributed by atoms with E-state index in [4.69, 9.17) is 9.52 Å². The van der Waals surface area contributed by atoms with E-state index in [1.807, 2.05) is 54.6 Å². The van der Waals surface area contributed by atoms with Gasteiger partial charge in [-0.3, -0.25) is 0 Å². The van der Waals surface area contributed by atoms with E-state index in [1.54, 1.807) is 0 Å². The summed E-state index contributed by atoms with van der Waals surface area (Å²) >= 11 is 0. The van der Waals surface area contributed by atoms with Gasteiger partial charge >= 0.3 is 6.01 Å². The summed E-state index contributed by atoms with van der Waals surface area (Å²) in [4.78, 5) is 0. The molecule has 27 heavy (non-hydrogen) atoms. The predicted molar refractivity (Wildman–Crippen MR) is 106 cm³/mol. The fourth-order valence-corrected chi connectivity index (χ4v) is 3.00. The number of aliphatic hydroxyl groups excluding tert-OH is 1. The van der Waals surface area contributed by atoms with E-state index in [2.05, 4.69) is 40.6 Å². The molecular weight excluding hydrogens is 338 g/mol. The number of nitrogens with zero attached hydrogens (tertiary/aromatic N) is 2. The Hall–Kier alpha value is -3.44. The molecule has 3 aromatic carbocycles. The summed E-state index contributed by atoms with van der Waals surface area (Å²) in [6.45, 7) is 2.07. The Labute approximate surface area is 157 Å². The third-order valence-corrected chi connectivity index (χ3v) is 4.46. The highest BCUT2D eigenvalue weighted by Gasteiger charge is 2.14. The number of rotatable bonds is 5. The fraction of sp³-hybridized carbons (Fsp3) is 0.0909. The lowest BCUT2D eigenvalue weighted by molar-refractivity contribution is 0.282. The average Bonchev–Trinajstić information content (AvgIpc) is 3.17. The van der Waals surface area contributed by atoms with Gasteiger partial charge in [0.25, 0.3) is 0 Å². The number of aliphatic hydroxyl groups is 1. The van der Waals surface area contributed by atoms with Gasteiger partial charge in [0.15, 0.2) is 0 Å². The van der Waals surface area contributed by atoms with E-state index >= 15 is 0 Å². The Morgan fingerprint density at radius 1 is 0.852 bits per heavy atom. The van der Waals surface area contributed by atoms with Crippen LogP contribution in [0, 0.1) is 6.92 Å². The van der Waals surface area contributed by atoms with E-state index in [-0.39, 0.29) is 6.61 Å². The van der Waals surface area contributed by atoms with Crippen molar-refractivity contribution in [2.45, 2.75) is 13.5 Å². The first-order valence-corrected chi connectivity index (χ1v) is 8.70. The van der Waals surface area contributed by atoms with E-state index in [1.165, 1.54) is 0 Å². The lowest BCUT2D eigenvalue weighted by atomic mass is 9.96. The Balaban J connectivity index is 1.61. The van der Waals surface area contributed by atoms with Crippen LogP contribution in [-0.2, 0) is 6.61 Å². The van der Waals surface area contributed by atoms with Crippen molar-refractivity contribution in [3.63, 3.8) is 0 Å². The summed E-state index contributed by atoms with van der Waals surface area (Å²) in [6, 6.07) is 24.0. The Kier molecular flexibility index (Phi) is 4.68. The minimum Gasteiger partial charge on any atom is -0.403 e. The van der Waals surface area contributed by atoms with Crippen LogP contribution in [0.4, 0.5) is 11.7 Å². The standard InChI is InChI=1S/C22H19N3O2/c1-15-19(17-6-3-2-4-7-17)8-5-9-20(15)21-24-25-22(27-21)23-18-12-10-16(14-26)11-13-18/h2-13,26H,14H2,1H3,(H,23,25). The molecule has 0 aliphatic rings. The summed E-state index contributed by atoms with van der Waals surface area (Å²) < 4.78 is 5.82. The van der Waals surface area contributed by atoms with Gasteiger partial charge in [-0.2, -0.15) is 0 Å². The van der Waals surface area contributed by atoms with E-state index in [9.17, 15) is 0 Å². The molecule has 0 aliphatic heterocycles. The molecule has 134 valence electrons. The maximum Gasteiger partial charge on any atom is 0.320 e.